The molecular weight excluding hydrogens is 394 g/mol. The summed E-state index contributed by atoms with van der Waals surface area (Å²) in [5.41, 5.74) is 1.04. The largest absolute Gasteiger partial charge is 0.350 e. The number of fused-ring (bicyclic) bond motifs is 1. The smallest absolute Gasteiger partial charge is 0.0184 e. The van der Waals surface area contributed by atoms with Crippen LogP contribution in [0.1, 0.15) is 5.69 Å². The van der Waals surface area contributed by atoms with Crippen molar-refractivity contribution in [3.05, 3.63) is 60.5 Å². The molecule has 1 aliphatic carbocycles. The third-order valence-corrected chi connectivity index (χ3v) is 3.82. The fourth-order valence-electron chi connectivity index (χ4n) is 1.78. The summed E-state index contributed by atoms with van der Waals surface area (Å²) in [7, 11) is 0. The first-order chi connectivity index (χ1) is 7.43. The second-order valence-corrected chi connectivity index (χ2v) is 4.75. The van der Waals surface area contributed by atoms with Gasteiger partial charge in [-0.3, -0.25) is 6.08 Å². The summed E-state index contributed by atoms with van der Waals surface area (Å²) in [6.07, 6.45) is 14.0. The number of allylic oxidation sites excluding steroid dienone is 4. The van der Waals surface area contributed by atoms with E-state index < -0.39 is 0 Å². The standard InChI is InChI=1S/C13H10NS.Ir/c1-2-7-12-10(5-1)9-13(15-12)11-6-3-4-8-14-11;/h1-8,10,12H;/q-1;. The second kappa shape index (κ2) is 5.13. The molecule has 2 aliphatic rings. The molecule has 16 heavy (non-hydrogen) atoms. The number of rotatable bonds is 1. The molecule has 1 aromatic rings. The third-order valence-electron chi connectivity index (χ3n) is 2.53. The molecule has 0 fully saturated rings. The van der Waals surface area contributed by atoms with Gasteiger partial charge < -0.3 is 4.98 Å². The molecule has 0 spiro atoms. The summed E-state index contributed by atoms with van der Waals surface area (Å²) < 4.78 is 0. The minimum Gasteiger partial charge on any atom is -0.350 e. The molecule has 3 heteroatoms. The summed E-state index contributed by atoms with van der Waals surface area (Å²) in [6.45, 7) is 0. The predicted octanol–water partition coefficient (Wildman–Crippen LogP) is 3.08. The Labute approximate surface area is 113 Å². The van der Waals surface area contributed by atoms with Crippen LogP contribution in [0.25, 0.3) is 4.91 Å². The van der Waals surface area contributed by atoms with Crippen molar-refractivity contribution < 1.29 is 20.1 Å². The molecule has 2 unspecified atom stereocenters. The van der Waals surface area contributed by atoms with E-state index in [-0.39, 0.29) is 20.1 Å². The Morgan fingerprint density at radius 2 is 2.06 bits per heavy atom. The quantitative estimate of drug-likeness (QED) is 0.668. The van der Waals surface area contributed by atoms with Gasteiger partial charge in [0.05, 0.1) is 0 Å². The first kappa shape index (κ1) is 11.8. The van der Waals surface area contributed by atoms with Crippen molar-refractivity contribution in [3.8, 4) is 0 Å². The van der Waals surface area contributed by atoms with E-state index in [2.05, 4.69) is 35.4 Å². The Balaban J connectivity index is 0.000000963. The van der Waals surface area contributed by atoms with Crippen LogP contribution in [0, 0.1) is 12.0 Å². The van der Waals surface area contributed by atoms with E-state index in [0.29, 0.717) is 11.2 Å². The number of hydrogen-bond acceptors (Lipinski definition) is 2. The number of nitrogens with zero attached hydrogens (tertiary/aromatic N) is 1. The molecule has 3 rings (SSSR count). The molecule has 1 nitrogen and oxygen atoms in total. The van der Waals surface area contributed by atoms with E-state index in [1.54, 1.807) is 0 Å². The second-order valence-electron chi connectivity index (χ2n) is 3.57. The fraction of sp³-hybridized carbons (Fsp3) is 0.154. The summed E-state index contributed by atoms with van der Waals surface area (Å²) in [5.74, 6) is 0.428. The van der Waals surface area contributed by atoms with Gasteiger partial charge in [-0.1, -0.05) is 42.0 Å². The Morgan fingerprint density at radius 1 is 1.19 bits per heavy atom. The van der Waals surface area contributed by atoms with Crippen LogP contribution in [0.4, 0.5) is 0 Å². The molecular formula is C13H10IrNS-. The molecule has 0 bridgehead atoms. The van der Waals surface area contributed by atoms with Crippen molar-refractivity contribution in [1.82, 2.24) is 4.98 Å². The topological polar surface area (TPSA) is 12.9 Å². The molecule has 0 saturated carbocycles. The Bertz CT molecular complexity index is 450. The molecule has 0 aromatic carbocycles. The molecule has 2 heterocycles. The minimum atomic E-state index is 0. The molecule has 0 N–H and O–H groups in total. The van der Waals surface area contributed by atoms with E-state index in [1.807, 2.05) is 36.2 Å². The van der Waals surface area contributed by atoms with Gasteiger partial charge in [-0.05, 0) is 6.07 Å². The van der Waals surface area contributed by atoms with Gasteiger partial charge in [-0.15, -0.1) is 11.0 Å². The van der Waals surface area contributed by atoms with Gasteiger partial charge in [0.1, 0.15) is 0 Å². The fourth-order valence-corrected chi connectivity index (χ4v) is 2.97. The number of aromatic nitrogens is 1. The van der Waals surface area contributed by atoms with Crippen LogP contribution in [-0.4, -0.2) is 10.2 Å². The van der Waals surface area contributed by atoms with Gasteiger partial charge in [0.2, 0.25) is 0 Å². The maximum Gasteiger partial charge on any atom is 0.0184 e. The Kier molecular flexibility index (Phi) is 3.80. The zero-order valence-corrected chi connectivity index (χ0v) is 11.7. The van der Waals surface area contributed by atoms with Gasteiger partial charge >= 0.3 is 0 Å². The normalized spacial score (nSPS) is 25.9. The van der Waals surface area contributed by atoms with Crippen LogP contribution in [-0.2, 0) is 20.1 Å². The minimum absolute atomic E-state index is 0. The molecule has 0 amide bonds. The van der Waals surface area contributed by atoms with E-state index in [4.69, 9.17) is 0 Å². The molecule has 0 saturated heterocycles. The van der Waals surface area contributed by atoms with E-state index in [9.17, 15) is 0 Å². The van der Waals surface area contributed by atoms with Crippen molar-refractivity contribution >= 4 is 16.7 Å². The Hall–Kier alpha value is -0.631. The van der Waals surface area contributed by atoms with Crippen LogP contribution < -0.4 is 0 Å². The maximum absolute atomic E-state index is 4.35. The van der Waals surface area contributed by atoms with Crippen LogP contribution >= 0.6 is 11.8 Å². The van der Waals surface area contributed by atoms with Crippen molar-refractivity contribution in [3.63, 3.8) is 0 Å². The van der Waals surface area contributed by atoms with Crippen LogP contribution in [0.15, 0.2) is 48.7 Å². The first-order valence-electron chi connectivity index (χ1n) is 5.00. The van der Waals surface area contributed by atoms with Crippen molar-refractivity contribution in [2.24, 2.45) is 5.92 Å². The van der Waals surface area contributed by atoms with Gasteiger partial charge in [0, 0.05) is 31.6 Å². The summed E-state index contributed by atoms with van der Waals surface area (Å²) >= 11 is 1.85. The average Bonchev–Trinajstić information content (AvgIpc) is 2.74. The molecule has 1 aromatic heterocycles. The van der Waals surface area contributed by atoms with Crippen LogP contribution in [0.5, 0.6) is 0 Å². The van der Waals surface area contributed by atoms with Crippen molar-refractivity contribution in [2.45, 2.75) is 5.25 Å². The monoisotopic (exact) mass is 405 g/mol. The van der Waals surface area contributed by atoms with Gasteiger partial charge in [-0.2, -0.15) is 11.8 Å². The number of hydrogen-bond donors (Lipinski definition) is 0. The van der Waals surface area contributed by atoms with Crippen molar-refractivity contribution in [2.75, 3.05) is 0 Å². The van der Waals surface area contributed by atoms with Crippen LogP contribution in [0.3, 0.4) is 0 Å². The summed E-state index contributed by atoms with van der Waals surface area (Å²) in [5, 5.41) is 0.520. The predicted molar refractivity (Wildman–Crippen MR) is 64.0 cm³/mol. The Morgan fingerprint density at radius 3 is 2.81 bits per heavy atom. The average molecular weight is 405 g/mol. The number of pyridine rings is 1. The number of thioether (sulfide) groups is 1. The third kappa shape index (κ3) is 2.22. The van der Waals surface area contributed by atoms with E-state index in [1.165, 1.54) is 4.91 Å². The van der Waals surface area contributed by atoms with Gasteiger partial charge in [-0.25, -0.2) is 0 Å². The summed E-state index contributed by atoms with van der Waals surface area (Å²) in [6, 6.07) is 6.00. The molecule has 83 valence electrons. The molecule has 1 radical (unpaired) electrons. The maximum atomic E-state index is 4.35. The van der Waals surface area contributed by atoms with E-state index in [0.717, 1.165) is 5.69 Å². The van der Waals surface area contributed by atoms with Crippen molar-refractivity contribution in [1.29, 1.82) is 0 Å². The van der Waals surface area contributed by atoms with Crippen LogP contribution in [0.2, 0.25) is 0 Å². The SMILES string of the molecule is [C-]1=C(c2ccccn2)SC2C=CC=CC12.[Ir]. The first-order valence-corrected chi connectivity index (χ1v) is 5.88. The molecule has 2 atom stereocenters. The van der Waals surface area contributed by atoms with Gasteiger partial charge in [0.25, 0.3) is 0 Å². The van der Waals surface area contributed by atoms with Gasteiger partial charge in [0.15, 0.2) is 0 Å². The molecule has 1 aliphatic heterocycles. The van der Waals surface area contributed by atoms with E-state index >= 15 is 0 Å². The zero-order valence-electron chi connectivity index (χ0n) is 8.46. The zero-order chi connectivity index (χ0) is 10.1. The summed E-state index contributed by atoms with van der Waals surface area (Å²) in [4.78, 5) is 5.53.